The largest absolute Gasteiger partial charge is 0.379 e. The molecule has 0 saturated heterocycles. The van der Waals surface area contributed by atoms with Crippen molar-refractivity contribution in [1.29, 1.82) is 5.26 Å². The Morgan fingerprint density at radius 1 is 1.28 bits per heavy atom. The van der Waals surface area contributed by atoms with Gasteiger partial charge in [0, 0.05) is 24.7 Å². The molecule has 3 atom stereocenters. The maximum absolute atomic E-state index is 13.9. The van der Waals surface area contributed by atoms with Crippen molar-refractivity contribution >= 4 is 5.91 Å². The fraction of sp³-hybridized carbons (Fsp3) is 0.391. The zero-order chi connectivity index (χ0) is 21.0. The highest BCUT2D eigenvalue weighted by Gasteiger charge is 2.30. The second-order valence-electron chi connectivity index (χ2n) is 7.55. The zero-order valence-corrected chi connectivity index (χ0v) is 16.7. The monoisotopic (exact) mass is 395 g/mol. The van der Waals surface area contributed by atoms with Gasteiger partial charge in [0.25, 0.3) is 5.91 Å². The third kappa shape index (κ3) is 4.81. The SMILES string of the molecule is CCC(O)N[C@H]1CC[C@@H](N(C)C(=O)c2ccc(-c3ccc(C#N)c(F)c3)cc2)C1. The molecule has 5 nitrogen and oxygen atoms in total. The molecule has 0 radical (unpaired) electrons. The molecule has 3 rings (SSSR count). The molecular weight excluding hydrogens is 369 g/mol. The first-order valence-corrected chi connectivity index (χ1v) is 9.94. The number of aliphatic hydroxyl groups is 1. The number of hydrogen-bond acceptors (Lipinski definition) is 4. The first kappa shape index (κ1) is 21.0. The molecule has 1 aliphatic rings. The number of amides is 1. The van der Waals surface area contributed by atoms with E-state index in [9.17, 15) is 14.3 Å². The lowest BCUT2D eigenvalue weighted by molar-refractivity contribution is 0.0729. The average Bonchev–Trinajstić information content (AvgIpc) is 3.21. The standard InChI is InChI=1S/C23H26FN3O2/c1-3-22(28)26-19-10-11-20(13-19)27(2)23(29)16-6-4-15(5-7-16)17-8-9-18(14-25)21(24)12-17/h4-9,12,19-20,22,26,28H,3,10-11,13H2,1-2H3/t19-,20+,22?/m0/s1. The maximum atomic E-state index is 13.9. The molecule has 1 unspecified atom stereocenters. The van der Waals surface area contributed by atoms with Gasteiger partial charge in [-0.3, -0.25) is 10.1 Å². The topological polar surface area (TPSA) is 76.4 Å². The molecule has 1 fully saturated rings. The number of nitriles is 1. The summed E-state index contributed by atoms with van der Waals surface area (Å²) in [5.41, 5.74) is 2.03. The van der Waals surface area contributed by atoms with Gasteiger partial charge in [0.15, 0.2) is 0 Å². The normalized spacial score (nSPS) is 19.6. The highest BCUT2D eigenvalue weighted by molar-refractivity contribution is 5.94. The van der Waals surface area contributed by atoms with E-state index in [0.717, 1.165) is 24.8 Å². The predicted octanol–water partition coefficient (Wildman–Crippen LogP) is 3.68. The summed E-state index contributed by atoms with van der Waals surface area (Å²) >= 11 is 0. The van der Waals surface area contributed by atoms with E-state index in [-0.39, 0.29) is 23.6 Å². The smallest absolute Gasteiger partial charge is 0.253 e. The molecule has 152 valence electrons. The van der Waals surface area contributed by atoms with Crippen molar-refractivity contribution in [1.82, 2.24) is 10.2 Å². The number of benzene rings is 2. The molecule has 0 spiro atoms. The maximum Gasteiger partial charge on any atom is 0.253 e. The van der Waals surface area contributed by atoms with Crippen molar-refractivity contribution in [2.45, 2.75) is 50.9 Å². The minimum atomic E-state index is -0.553. The number of nitrogens with zero attached hydrogens (tertiary/aromatic N) is 2. The van der Waals surface area contributed by atoms with Gasteiger partial charge in [-0.1, -0.05) is 25.1 Å². The van der Waals surface area contributed by atoms with Crippen LogP contribution in [0.25, 0.3) is 11.1 Å². The summed E-state index contributed by atoms with van der Waals surface area (Å²) in [6.45, 7) is 1.93. The molecule has 0 aromatic heterocycles. The summed E-state index contributed by atoms with van der Waals surface area (Å²) in [5, 5.41) is 21.8. The molecule has 2 aromatic carbocycles. The lowest BCUT2D eigenvalue weighted by atomic mass is 10.0. The molecule has 0 bridgehead atoms. The van der Waals surface area contributed by atoms with Crippen molar-refractivity contribution in [3.8, 4) is 17.2 Å². The minimum Gasteiger partial charge on any atom is -0.379 e. The Bertz CT molecular complexity index is 907. The van der Waals surface area contributed by atoms with E-state index in [2.05, 4.69) is 5.32 Å². The van der Waals surface area contributed by atoms with Crippen LogP contribution in [0, 0.1) is 17.1 Å². The van der Waals surface area contributed by atoms with Crippen LogP contribution in [-0.4, -0.2) is 41.3 Å². The van der Waals surface area contributed by atoms with Crippen molar-refractivity contribution in [2.75, 3.05) is 7.05 Å². The van der Waals surface area contributed by atoms with Crippen LogP contribution in [0.15, 0.2) is 42.5 Å². The first-order valence-electron chi connectivity index (χ1n) is 9.94. The number of halogens is 1. The van der Waals surface area contributed by atoms with Gasteiger partial charge in [-0.05, 0) is 61.1 Å². The molecule has 0 aliphatic heterocycles. The Kier molecular flexibility index (Phi) is 6.63. The fourth-order valence-electron chi connectivity index (χ4n) is 3.81. The van der Waals surface area contributed by atoms with Crippen LogP contribution in [-0.2, 0) is 0 Å². The van der Waals surface area contributed by atoms with Gasteiger partial charge in [-0.2, -0.15) is 5.26 Å². The van der Waals surface area contributed by atoms with Crippen LogP contribution in [0.4, 0.5) is 4.39 Å². The van der Waals surface area contributed by atoms with Crippen LogP contribution in [0.5, 0.6) is 0 Å². The van der Waals surface area contributed by atoms with Gasteiger partial charge in [-0.15, -0.1) is 0 Å². The van der Waals surface area contributed by atoms with Gasteiger partial charge < -0.3 is 10.0 Å². The number of rotatable bonds is 6. The Hall–Kier alpha value is -2.75. The summed E-state index contributed by atoms with van der Waals surface area (Å²) in [6.07, 6.45) is 2.81. The zero-order valence-electron chi connectivity index (χ0n) is 16.7. The van der Waals surface area contributed by atoms with Crippen molar-refractivity contribution in [3.05, 3.63) is 59.4 Å². The summed E-state index contributed by atoms with van der Waals surface area (Å²) in [5.74, 6) is -0.605. The van der Waals surface area contributed by atoms with E-state index in [0.29, 0.717) is 17.5 Å². The fourth-order valence-corrected chi connectivity index (χ4v) is 3.81. The van der Waals surface area contributed by atoms with E-state index < -0.39 is 12.0 Å². The van der Waals surface area contributed by atoms with Crippen LogP contribution < -0.4 is 5.32 Å². The lowest BCUT2D eigenvalue weighted by Gasteiger charge is -2.25. The number of hydrogen-bond donors (Lipinski definition) is 2. The minimum absolute atomic E-state index is 0.0120. The number of carbonyl (C=O) groups excluding carboxylic acids is 1. The summed E-state index contributed by atoms with van der Waals surface area (Å²) in [4.78, 5) is 14.6. The van der Waals surface area contributed by atoms with Crippen LogP contribution >= 0.6 is 0 Å². The lowest BCUT2D eigenvalue weighted by Crippen LogP contribution is -2.39. The van der Waals surface area contributed by atoms with Crippen LogP contribution in [0.1, 0.15) is 48.5 Å². The molecule has 0 heterocycles. The van der Waals surface area contributed by atoms with Crippen LogP contribution in [0.3, 0.4) is 0 Å². The van der Waals surface area contributed by atoms with E-state index >= 15 is 0 Å². The van der Waals surface area contributed by atoms with Gasteiger partial charge in [0.1, 0.15) is 18.1 Å². The molecule has 2 aromatic rings. The highest BCUT2D eigenvalue weighted by atomic mass is 19.1. The third-order valence-electron chi connectivity index (χ3n) is 5.64. The van der Waals surface area contributed by atoms with E-state index in [1.165, 1.54) is 12.1 Å². The Morgan fingerprint density at radius 3 is 2.59 bits per heavy atom. The number of nitrogens with one attached hydrogen (secondary N) is 1. The summed E-state index contributed by atoms with van der Waals surface area (Å²) in [6, 6.07) is 13.7. The Labute approximate surface area is 170 Å². The van der Waals surface area contributed by atoms with Crippen LogP contribution in [0.2, 0.25) is 0 Å². The predicted molar refractivity (Wildman–Crippen MR) is 110 cm³/mol. The Morgan fingerprint density at radius 2 is 1.97 bits per heavy atom. The number of carbonyl (C=O) groups is 1. The van der Waals surface area contributed by atoms with Gasteiger partial charge >= 0.3 is 0 Å². The van der Waals surface area contributed by atoms with Crippen molar-refractivity contribution in [3.63, 3.8) is 0 Å². The summed E-state index contributed by atoms with van der Waals surface area (Å²) in [7, 11) is 1.82. The molecule has 29 heavy (non-hydrogen) atoms. The third-order valence-corrected chi connectivity index (χ3v) is 5.64. The molecule has 1 aliphatic carbocycles. The van der Waals surface area contributed by atoms with Gasteiger partial charge in [0.05, 0.1) is 5.56 Å². The average molecular weight is 395 g/mol. The van der Waals surface area contributed by atoms with E-state index in [4.69, 9.17) is 5.26 Å². The van der Waals surface area contributed by atoms with E-state index in [1.54, 1.807) is 35.2 Å². The molecule has 1 saturated carbocycles. The molecular formula is C23H26FN3O2. The quantitative estimate of drug-likeness (QED) is 0.732. The number of aliphatic hydroxyl groups excluding tert-OH is 1. The van der Waals surface area contributed by atoms with Crippen molar-refractivity contribution in [2.24, 2.45) is 0 Å². The van der Waals surface area contributed by atoms with Gasteiger partial charge in [-0.25, -0.2) is 4.39 Å². The second-order valence-corrected chi connectivity index (χ2v) is 7.55. The second kappa shape index (κ2) is 9.17. The molecule has 6 heteroatoms. The van der Waals surface area contributed by atoms with Gasteiger partial charge in [0.2, 0.25) is 0 Å². The molecule has 1 amide bonds. The summed E-state index contributed by atoms with van der Waals surface area (Å²) < 4.78 is 13.9. The first-order chi connectivity index (χ1) is 13.9. The Balaban J connectivity index is 1.66. The van der Waals surface area contributed by atoms with Crippen molar-refractivity contribution < 1.29 is 14.3 Å². The van der Waals surface area contributed by atoms with E-state index in [1.807, 2.05) is 20.0 Å². The molecule has 2 N–H and O–H groups in total. The highest BCUT2D eigenvalue weighted by Crippen LogP contribution is 2.26.